The average molecular weight is 225 g/mol. The summed E-state index contributed by atoms with van der Waals surface area (Å²) in [5.41, 5.74) is 0. The Balaban J connectivity index is 2.29. The van der Waals surface area contributed by atoms with Crippen molar-refractivity contribution in [2.45, 2.75) is 13.8 Å². The van der Waals surface area contributed by atoms with Crippen LogP contribution in [0.5, 0.6) is 0 Å². The van der Waals surface area contributed by atoms with Gasteiger partial charge in [0.1, 0.15) is 11.6 Å². The zero-order chi connectivity index (χ0) is 12.0. The van der Waals surface area contributed by atoms with Gasteiger partial charge < -0.3 is 10.2 Å². The summed E-state index contributed by atoms with van der Waals surface area (Å²) in [6.07, 6.45) is 1.24. The van der Waals surface area contributed by atoms with E-state index >= 15 is 0 Å². The number of rotatable bonds is 6. The molecule has 0 aliphatic heterocycles. The third-order valence-corrected chi connectivity index (χ3v) is 2.28. The first-order chi connectivity index (χ1) is 7.59. The molecule has 1 rings (SSSR count). The number of halogens is 1. The summed E-state index contributed by atoms with van der Waals surface area (Å²) in [5.74, 6) is 1.16. The molecule has 0 saturated carbocycles. The van der Waals surface area contributed by atoms with E-state index in [2.05, 4.69) is 24.1 Å². The molecule has 1 heterocycles. The minimum atomic E-state index is -0.296. The van der Waals surface area contributed by atoms with Crippen LogP contribution in [0.2, 0.25) is 0 Å². The molecule has 0 fully saturated rings. The lowest BCUT2D eigenvalue weighted by atomic mass is 10.2. The Bertz CT molecular complexity index is 298. The summed E-state index contributed by atoms with van der Waals surface area (Å²) in [4.78, 5) is 6.02. The number of nitrogens with zero attached hydrogens (tertiary/aromatic N) is 2. The van der Waals surface area contributed by atoms with E-state index < -0.39 is 0 Å². The highest BCUT2D eigenvalue weighted by atomic mass is 19.1. The highest BCUT2D eigenvalue weighted by Gasteiger charge is 2.02. The molecule has 0 aliphatic carbocycles. The van der Waals surface area contributed by atoms with Crippen molar-refractivity contribution < 1.29 is 4.39 Å². The van der Waals surface area contributed by atoms with E-state index in [9.17, 15) is 4.39 Å². The van der Waals surface area contributed by atoms with Gasteiger partial charge in [0, 0.05) is 20.1 Å². The lowest BCUT2D eigenvalue weighted by molar-refractivity contribution is 0.553. The maximum absolute atomic E-state index is 12.7. The molecular weight excluding hydrogens is 205 g/mol. The number of hydrogen-bond acceptors (Lipinski definition) is 3. The van der Waals surface area contributed by atoms with Crippen LogP contribution in [-0.2, 0) is 0 Å². The van der Waals surface area contributed by atoms with Crippen LogP contribution in [0.25, 0.3) is 0 Å². The van der Waals surface area contributed by atoms with Crippen molar-refractivity contribution in [1.82, 2.24) is 10.3 Å². The second kappa shape index (κ2) is 6.43. The normalized spacial score (nSPS) is 10.8. The fourth-order valence-electron chi connectivity index (χ4n) is 1.35. The Kier molecular flexibility index (Phi) is 5.19. The summed E-state index contributed by atoms with van der Waals surface area (Å²) >= 11 is 0. The number of nitrogens with one attached hydrogen (secondary N) is 1. The number of anilines is 1. The van der Waals surface area contributed by atoms with E-state index in [0.717, 1.165) is 25.5 Å². The SMILES string of the molecule is CC(C)CNCCN(C)c1ccc(F)cn1. The van der Waals surface area contributed by atoms with Gasteiger partial charge in [-0.3, -0.25) is 0 Å². The second-order valence-electron chi connectivity index (χ2n) is 4.35. The van der Waals surface area contributed by atoms with Crippen LogP contribution in [0, 0.1) is 11.7 Å². The van der Waals surface area contributed by atoms with Crippen molar-refractivity contribution in [2.24, 2.45) is 5.92 Å². The van der Waals surface area contributed by atoms with Gasteiger partial charge in [-0.15, -0.1) is 0 Å². The predicted octanol–water partition coefficient (Wildman–Crippen LogP) is 1.90. The Morgan fingerprint density at radius 3 is 2.75 bits per heavy atom. The second-order valence-corrected chi connectivity index (χ2v) is 4.35. The monoisotopic (exact) mass is 225 g/mol. The van der Waals surface area contributed by atoms with E-state index in [4.69, 9.17) is 0 Å². The zero-order valence-corrected chi connectivity index (χ0v) is 10.2. The molecule has 4 heteroatoms. The van der Waals surface area contributed by atoms with E-state index in [0.29, 0.717) is 5.92 Å². The molecular formula is C12H20FN3. The largest absolute Gasteiger partial charge is 0.358 e. The maximum atomic E-state index is 12.7. The molecule has 16 heavy (non-hydrogen) atoms. The molecule has 0 saturated heterocycles. The molecule has 1 N–H and O–H groups in total. The lowest BCUT2D eigenvalue weighted by Gasteiger charge is -2.18. The van der Waals surface area contributed by atoms with Crippen molar-refractivity contribution in [1.29, 1.82) is 0 Å². The molecule has 1 aromatic heterocycles. The van der Waals surface area contributed by atoms with Crippen LogP contribution in [0.1, 0.15) is 13.8 Å². The first kappa shape index (κ1) is 12.9. The van der Waals surface area contributed by atoms with Gasteiger partial charge >= 0.3 is 0 Å². The standard InChI is InChI=1S/C12H20FN3/c1-10(2)8-14-6-7-16(3)12-5-4-11(13)9-15-12/h4-5,9-10,14H,6-8H2,1-3H3. The van der Waals surface area contributed by atoms with Gasteiger partial charge in [0.2, 0.25) is 0 Å². The molecule has 90 valence electrons. The quantitative estimate of drug-likeness (QED) is 0.749. The molecule has 0 radical (unpaired) electrons. The summed E-state index contributed by atoms with van der Waals surface area (Å²) in [6, 6.07) is 3.12. The average Bonchev–Trinajstić information content (AvgIpc) is 2.25. The Morgan fingerprint density at radius 2 is 2.19 bits per heavy atom. The third-order valence-electron chi connectivity index (χ3n) is 2.28. The number of pyridine rings is 1. The lowest BCUT2D eigenvalue weighted by Crippen LogP contribution is -2.31. The summed E-state index contributed by atoms with van der Waals surface area (Å²) in [7, 11) is 1.96. The molecule has 0 aromatic carbocycles. The van der Waals surface area contributed by atoms with Crippen molar-refractivity contribution >= 4 is 5.82 Å². The van der Waals surface area contributed by atoms with E-state index in [1.807, 2.05) is 11.9 Å². The molecule has 0 aliphatic rings. The number of likely N-dealkylation sites (N-methyl/N-ethyl adjacent to an activating group) is 1. The number of hydrogen-bond donors (Lipinski definition) is 1. The van der Waals surface area contributed by atoms with Gasteiger partial charge in [0.05, 0.1) is 6.20 Å². The van der Waals surface area contributed by atoms with Crippen LogP contribution in [-0.4, -0.2) is 31.7 Å². The van der Waals surface area contributed by atoms with Crippen LogP contribution in [0.3, 0.4) is 0 Å². The van der Waals surface area contributed by atoms with E-state index in [1.54, 1.807) is 6.07 Å². The predicted molar refractivity (Wildman–Crippen MR) is 65.2 cm³/mol. The molecule has 0 spiro atoms. The van der Waals surface area contributed by atoms with Gasteiger partial charge in [-0.2, -0.15) is 0 Å². The van der Waals surface area contributed by atoms with Crippen LogP contribution in [0.15, 0.2) is 18.3 Å². The Labute approximate surface area is 96.7 Å². The van der Waals surface area contributed by atoms with Crippen LogP contribution >= 0.6 is 0 Å². The number of aromatic nitrogens is 1. The van der Waals surface area contributed by atoms with E-state index in [1.165, 1.54) is 12.3 Å². The minimum Gasteiger partial charge on any atom is -0.358 e. The molecule has 0 bridgehead atoms. The summed E-state index contributed by atoms with van der Waals surface area (Å²) < 4.78 is 12.7. The van der Waals surface area contributed by atoms with Crippen molar-refractivity contribution in [3.63, 3.8) is 0 Å². The summed E-state index contributed by atoms with van der Waals surface area (Å²) in [6.45, 7) is 7.15. The fraction of sp³-hybridized carbons (Fsp3) is 0.583. The summed E-state index contributed by atoms with van der Waals surface area (Å²) in [5, 5.41) is 3.35. The van der Waals surface area contributed by atoms with Gasteiger partial charge in [0.15, 0.2) is 0 Å². The molecule has 3 nitrogen and oxygen atoms in total. The smallest absolute Gasteiger partial charge is 0.141 e. The zero-order valence-electron chi connectivity index (χ0n) is 10.2. The molecule has 1 aromatic rings. The Hall–Kier alpha value is -1.16. The molecule has 0 atom stereocenters. The van der Waals surface area contributed by atoms with Crippen molar-refractivity contribution in [3.05, 3.63) is 24.1 Å². The minimum absolute atomic E-state index is 0.296. The van der Waals surface area contributed by atoms with Gasteiger partial charge in [0.25, 0.3) is 0 Å². The van der Waals surface area contributed by atoms with Gasteiger partial charge in [-0.1, -0.05) is 13.8 Å². The molecule has 0 unspecified atom stereocenters. The Morgan fingerprint density at radius 1 is 1.44 bits per heavy atom. The van der Waals surface area contributed by atoms with Gasteiger partial charge in [-0.25, -0.2) is 9.37 Å². The highest BCUT2D eigenvalue weighted by molar-refractivity contribution is 5.36. The van der Waals surface area contributed by atoms with Crippen LogP contribution < -0.4 is 10.2 Å². The van der Waals surface area contributed by atoms with E-state index in [-0.39, 0.29) is 5.82 Å². The maximum Gasteiger partial charge on any atom is 0.141 e. The third kappa shape index (κ3) is 4.57. The first-order valence-corrected chi connectivity index (χ1v) is 5.63. The van der Waals surface area contributed by atoms with Gasteiger partial charge in [-0.05, 0) is 24.6 Å². The van der Waals surface area contributed by atoms with Crippen molar-refractivity contribution in [3.8, 4) is 0 Å². The van der Waals surface area contributed by atoms with Crippen molar-refractivity contribution in [2.75, 3.05) is 31.6 Å². The van der Waals surface area contributed by atoms with Crippen LogP contribution in [0.4, 0.5) is 10.2 Å². The molecule has 0 amide bonds. The first-order valence-electron chi connectivity index (χ1n) is 5.63. The topological polar surface area (TPSA) is 28.2 Å². The highest BCUT2D eigenvalue weighted by Crippen LogP contribution is 2.07. The fourth-order valence-corrected chi connectivity index (χ4v) is 1.35.